The van der Waals surface area contributed by atoms with E-state index < -0.39 is 0 Å². The van der Waals surface area contributed by atoms with Crippen molar-refractivity contribution in [2.45, 2.75) is 32.1 Å². The summed E-state index contributed by atoms with van der Waals surface area (Å²) in [5, 5.41) is 17.9. The quantitative estimate of drug-likeness (QED) is 0.134. The molecule has 38 heavy (non-hydrogen) atoms. The Labute approximate surface area is 238 Å². The molecule has 0 saturated heterocycles. The van der Waals surface area contributed by atoms with Gasteiger partial charge in [-0.3, -0.25) is 9.48 Å². The summed E-state index contributed by atoms with van der Waals surface area (Å²) in [7, 11) is 0. The van der Waals surface area contributed by atoms with Crippen molar-refractivity contribution in [3.63, 3.8) is 0 Å². The Balaban J connectivity index is 0.00000336. The topological polar surface area (TPSA) is 67.2 Å². The Bertz CT molecular complexity index is 1420. The predicted octanol–water partition coefficient (Wildman–Crippen LogP) is 6.52. The first-order valence-corrected chi connectivity index (χ1v) is 12.8. The van der Waals surface area contributed by atoms with Gasteiger partial charge in [-0.15, -0.1) is 11.9 Å². The molecule has 1 aromatic heterocycles. The van der Waals surface area contributed by atoms with Gasteiger partial charge in [0.25, 0.3) is 5.91 Å². The predicted molar refractivity (Wildman–Crippen MR) is 148 cm³/mol. The SMILES string of the molecule is O=C(NCCCCCC1=CC(c2ccccc2O)=CCc2[c-]cnn21)c1ccc(-c2ccccc2)cc1.[Mo]. The fourth-order valence-electron chi connectivity index (χ4n) is 4.63. The second kappa shape index (κ2) is 13.2. The zero-order valence-electron chi connectivity index (χ0n) is 21.1. The first-order valence-electron chi connectivity index (χ1n) is 12.8. The fourth-order valence-corrected chi connectivity index (χ4v) is 4.63. The number of unbranched alkanes of at least 4 members (excludes halogenated alkanes) is 2. The van der Waals surface area contributed by atoms with Crippen LogP contribution in [-0.2, 0) is 27.5 Å². The number of aromatic nitrogens is 2. The number of hydrogen-bond donors (Lipinski definition) is 2. The second-order valence-corrected chi connectivity index (χ2v) is 9.17. The molecule has 0 aliphatic carbocycles. The Morgan fingerprint density at radius 2 is 1.66 bits per heavy atom. The molecular weight excluding hydrogens is 554 g/mol. The third-order valence-electron chi connectivity index (χ3n) is 6.63. The number of allylic oxidation sites excluding steroid dienone is 4. The number of benzene rings is 3. The smallest absolute Gasteiger partial charge is 0.251 e. The standard InChI is InChI=1S/C32H30N3O2.Mo/c36-31-13-7-6-12-30(31)27-18-19-28-20-22-34-35(28)29(23-27)11-5-2-8-21-33-32(37)26-16-14-25(15-17-26)24-9-3-1-4-10-24;/h1,3-4,6-7,9-10,12-18,22-23,36H,2,5,8,11,19,21H2,(H,33,37);/q-1;. The number of phenolic OH excluding ortho intramolecular Hbond substituents is 1. The van der Waals surface area contributed by atoms with E-state index >= 15 is 0 Å². The third-order valence-corrected chi connectivity index (χ3v) is 6.63. The number of phenols is 1. The fraction of sp³-hybridized carbons (Fsp3) is 0.188. The molecule has 1 amide bonds. The minimum Gasteiger partial charge on any atom is -0.507 e. The Hall–Kier alpha value is -3.69. The van der Waals surface area contributed by atoms with Crippen LogP contribution in [0.5, 0.6) is 5.75 Å². The summed E-state index contributed by atoms with van der Waals surface area (Å²) in [5.74, 6) is 0.235. The van der Waals surface area contributed by atoms with Gasteiger partial charge in [0.1, 0.15) is 5.75 Å². The van der Waals surface area contributed by atoms with Crippen molar-refractivity contribution < 1.29 is 31.0 Å². The largest absolute Gasteiger partial charge is 0.507 e. The number of nitrogens with zero attached hydrogens (tertiary/aromatic N) is 2. The number of carbonyl (C=O) groups is 1. The molecule has 2 N–H and O–H groups in total. The van der Waals surface area contributed by atoms with Crippen molar-refractivity contribution in [2.24, 2.45) is 0 Å². The normalized spacial score (nSPS) is 12.4. The van der Waals surface area contributed by atoms with E-state index in [0.717, 1.165) is 59.3 Å². The van der Waals surface area contributed by atoms with Crippen LogP contribution in [0, 0.1) is 6.07 Å². The minimum atomic E-state index is -0.0414. The molecule has 3 aromatic carbocycles. The molecule has 4 aromatic rings. The Morgan fingerprint density at radius 3 is 2.45 bits per heavy atom. The van der Waals surface area contributed by atoms with Crippen LogP contribution >= 0.6 is 0 Å². The van der Waals surface area contributed by atoms with Gasteiger partial charge < -0.3 is 16.5 Å². The maximum atomic E-state index is 12.6. The molecule has 2 heterocycles. The van der Waals surface area contributed by atoms with Crippen LogP contribution in [0.15, 0.2) is 97.2 Å². The van der Waals surface area contributed by atoms with Crippen molar-refractivity contribution >= 4 is 17.2 Å². The Kier molecular flexibility index (Phi) is 9.50. The molecule has 5 rings (SSSR count). The molecule has 0 fully saturated rings. The van der Waals surface area contributed by atoms with E-state index in [0.29, 0.717) is 18.5 Å². The van der Waals surface area contributed by atoms with Crippen LogP contribution in [0.3, 0.4) is 0 Å². The van der Waals surface area contributed by atoms with Crippen LogP contribution in [0.25, 0.3) is 22.4 Å². The summed E-state index contributed by atoms with van der Waals surface area (Å²) < 4.78 is 1.96. The summed E-state index contributed by atoms with van der Waals surface area (Å²) >= 11 is 0. The number of para-hydroxylation sites is 1. The zero-order valence-corrected chi connectivity index (χ0v) is 23.1. The molecule has 0 atom stereocenters. The van der Waals surface area contributed by atoms with Gasteiger partial charge in [-0.1, -0.05) is 73.2 Å². The minimum absolute atomic E-state index is 0. The summed E-state index contributed by atoms with van der Waals surface area (Å²) in [5.41, 5.74) is 6.84. The molecule has 0 radical (unpaired) electrons. The first-order chi connectivity index (χ1) is 18.2. The van der Waals surface area contributed by atoms with E-state index in [1.807, 2.05) is 65.3 Å². The van der Waals surface area contributed by atoms with Gasteiger partial charge in [0.15, 0.2) is 0 Å². The molecule has 6 heteroatoms. The molecule has 5 nitrogen and oxygen atoms in total. The van der Waals surface area contributed by atoms with Crippen LogP contribution < -0.4 is 5.32 Å². The van der Waals surface area contributed by atoms with E-state index in [2.05, 4.69) is 40.8 Å². The third kappa shape index (κ3) is 6.59. The van der Waals surface area contributed by atoms with Crippen molar-refractivity contribution in [3.05, 3.63) is 120 Å². The molecule has 1 aliphatic heterocycles. The number of aromatic hydroxyl groups is 1. The van der Waals surface area contributed by atoms with Gasteiger partial charge in [0.2, 0.25) is 0 Å². The number of amides is 1. The number of nitrogens with one attached hydrogen (secondary N) is 1. The van der Waals surface area contributed by atoms with Gasteiger partial charge >= 0.3 is 0 Å². The zero-order chi connectivity index (χ0) is 25.5. The average Bonchev–Trinajstić information content (AvgIpc) is 3.34. The number of carbonyl (C=O) groups excluding carboxylic acids is 1. The summed E-state index contributed by atoms with van der Waals surface area (Å²) in [6.07, 6.45) is 10.4. The molecular formula is C32H30MoN3O2-. The molecule has 0 spiro atoms. The van der Waals surface area contributed by atoms with Crippen molar-refractivity contribution in [2.75, 3.05) is 6.54 Å². The molecule has 192 valence electrons. The monoisotopic (exact) mass is 586 g/mol. The van der Waals surface area contributed by atoms with E-state index in [4.69, 9.17) is 0 Å². The van der Waals surface area contributed by atoms with Crippen molar-refractivity contribution in [3.8, 4) is 16.9 Å². The van der Waals surface area contributed by atoms with E-state index in [9.17, 15) is 9.90 Å². The van der Waals surface area contributed by atoms with Crippen LogP contribution in [-0.4, -0.2) is 27.3 Å². The second-order valence-electron chi connectivity index (χ2n) is 9.17. The van der Waals surface area contributed by atoms with Gasteiger partial charge in [-0.2, -0.15) is 0 Å². The number of fused-ring (bicyclic) bond motifs is 1. The molecule has 0 unspecified atom stereocenters. The molecule has 1 aliphatic rings. The van der Waals surface area contributed by atoms with Crippen LogP contribution in [0.4, 0.5) is 0 Å². The molecule has 0 bridgehead atoms. The summed E-state index contributed by atoms with van der Waals surface area (Å²) in [6, 6.07) is 28.5. The van der Waals surface area contributed by atoms with Crippen molar-refractivity contribution in [1.29, 1.82) is 0 Å². The van der Waals surface area contributed by atoms with Gasteiger partial charge in [0.05, 0.1) is 0 Å². The Morgan fingerprint density at radius 1 is 0.921 bits per heavy atom. The van der Waals surface area contributed by atoms with Gasteiger partial charge in [-0.05, 0) is 66.7 Å². The summed E-state index contributed by atoms with van der Waals surface area (Å²) in [4.78, 5) is 12.6. The van der Waals surface area contributed by atoms with E-state index in [1.54, 1.807) is 12.3 Å². The average molecular weight is 585 g/mol. The van der Waals surface area contributed by atoms with Gasteiger partial charge in [0, 0.05) is 44.4 Å². The maximum Gasteiger partial charge on any atom is 0.251 e. The van der Waals surface area contributed by atoms with Gasteiger partial charge in [-0.25, -0.2) is 5.10 Å². The van der Waals surface area contributed by atoms with E-state index in [-0.39, 0.29) is 32.7 Å². The van der Waals surface area contributed by atoms with Crippen molar-refractivity contribution in [1.82, 2.24) is 15.1 Å². The first kappa shape index (κ1) is 27.3. The number of rotatable bonds is 9. The van der Waals surface area contributed by atoms with Crippen LogP contribution in [0.2, 0.25) is 0 Å². The molecule has 0 saturated carbocycles. The maximum absolute atomic E-state index is 12.6. The summed E-state index contributed by atoms with van der Waals surface area (Å²) in [6.45, 7) is 0.641. The number of hydrogen-bond acceptors (Lipinski definition) is 3. The van der Waals surface area contributed by atoms with Crippen LogP contribution in [0.1, 0.15) is 47.3 Å². The van der Waals surface area contributed by atoms with E-state index in [1.165, 1.54) is 0 Å².